The van der Waals surface area contributed by atoms with Gasteiger partial charge in [0, 0.05) is 29.1 Å². The van der Waals surface area contributed by atoms with Crippen LogP contribution in [0.3, 0.4) is 0 Å². The maximum Gasteiger partial charge on any atom is 0.338 e. The molecule has 28 heavy (non-hydrogen) atoms. The van der Waals surface area contributed by atoms with Gasteiger partial charge in [0.05, 0.1) is 24.3 Å². The monoisotopic (exact) mass is 381 g/mol. The van der Waals surface area contributed by atoms with Gasteiger partial charge in [-0.15, -0.1) is 0 Å². The summed E-state index contributed by atoms with van der Waals surface area (Å²) in [5.74, 6) is 0.443. The van der Waals surface area contributed by atoms with Crippen LogP contribution >= 0.6 is 0 Å². The van der Waals surface area contributed by atoms with E-state index in [4.69, 9.17) is 9.47 Å². The van der Waals surface area contributed by atoms with E-state index in [-0.39, 0.29) is 11.0 Å². The van der Waals surface area contributed by atoms with Crippen LogP contribution < -0.4 is 9.47 Å². The highest BCUT2D eigenvalue weighted by Gasteiger charge is 2.26. The molecule has 0 aliphatic carbocycles. The highest BCUT2D eigenvalue weighted by Crippen LogP contribution is 2.43. The molecule has 0 bridgehead atoms. The molecule has 2 aromatic heterocycles. The first-order valence-electron chi connectivity index (χ1n) is 9.55. The summed E-state index contributed by atoms with van der Waals surface area (Å²) in [7, 11) is 0. The van der Waals surface area contributed by atoms with E-state index in [9.17, 15) is 9.90 Å². The van der Waals surface area contributed by atoms with Crippen LogP contribution in [0.25, 0.3) is 16.6 Å². The molecule has 0 saturated carbocycles. The number of fused-ring (bicyclic) bond motifs is 1. The zero-order valence-corrected chi connectivity index (χ0v) is 17.1. The van der Waals surface area contributed by atoms with Crippen LogP contribution in [-0.4, -0.2) is 28.7 Å². The molecule has 0 fully saturated rings. The van der Waals surface area contributed by atoms with Crippen LogP contribution in [0.5, 0.6) is 11.5 Å². The van der Waals surface area contributed by atoms with Crippen LogP contribution in [0.4, 0.5) is 0 Å². The molecule has 1 N–H and O–H groups in total. The molecular formula is C23H27NO4. The number of aromatic carboxylic acids is 1. The summed E-state index contributed by atoms with van der Waals surface area (Å²) in [5.41, 5.74) is 3.12. The van der Waals surface area contributed by atoms with Crippen molar-refractivity contribution < 1.29 is 19.4 Å². The number of hydrogen-bond donors (Lipinski definition) is 1. The Bertz CT molecular complexity index is 1010. The minimum absolute atomic E-state index is 0.143. The number of hydrogen-bond acceptors (Lipinski definition) is 3. The lowest BCUT2D eigenvalue weighted by Gasteiger charge is -2.25. The molecule has 3 rings (SSSR count). The largest absolute Gasteiger partial charge is 0.494 e. The minimum Gasteiger partial charge on any atom is -0.494 e. The van der Waals surface area contributed by atoms with Gasteiger partial charge in [-0.1, -0.05) is 26.8 Å². The second-order valence-electron chi connectivity index (χ2n) is 7.68. The number of nitrogens with zero attached hydrogens (tertiary/aromatic N) is 1. The molecule has 0 amide bonds. The predicted molar refractivity (Wildman–Crippen MR) is 111 cm³/mol. The molecule has 0 aliphatic rings. The number of carbonyl (C=O) groups is 1. The molecule has 3 aromatic rings. The summed E-state index contributed by atoms with van der Waals surface area (Å²) in [6, 6.07) is 9.41. The molecule has 5 nitrogen and oxygen atoms in total. The number of ether oxygens (including phenoxy) is 2. The molecule has 0 unspecified atom stereocenters. The van der Waals surface area contributed by atoms with E-state index in [0.29, 0.717) is 30.0 Å². The Morgan fingerprint density at radius 2 is 1.71 bits per heavy atom. The average Bonchev–Trinajstić information content (AvgIpc) is 3.01. The summed E-state index contributed by atoms with van der Waals surface area (Å²) in [5, 5.41) is 9.91. The van der Waals surface area contributed by atoms with Crippen molar-refractivity contribution >= 4 is 11.5 Å². The van der Waals surface area contributed by atoms with Gasteiger partial charge in [-0.3, -0.25) is 0 Å². The van der Waals surface area contributed by atoms with Gasteiger partial charge in [-0.2, -0.15) is 0 Å². The molecule has 0 radical (unpaired) electrons. The van der Waals surface area contributed by atoms with Crippen LogP contribution in [0.15, 0.2) is 42.7 Å². The lowest BCUT2D eigenvalue weighted by atomic mass is 9.84. The molecule has 148 valence electrons. The van der Waals surface area contributed by atoms with Crippen LogP contribution in [0, 0.1) is 0 Å². The van der Waals surface area contributed by atoms with E-state index in [2.05, 4.69) is 20.8 Å². The summed E-state index contributed by atoms with van der Waals surface area (Å²) >= 11 is 0. The van der Waals surface area contributed by atoms with Gasteiger partial charge < -0.3 is 19.0 Å². The first kappa shape index (κ1) is 19.8. The van der Waals surface area contributed by atoms with E-state index in [1.54, 1.807) is 6.07 Å². The van der Waals surface area contributed by atoms with E-state index in [1.165, 1.54) is 0 Å². The Hall–Kier alpha value is -2.95. The van der Waals surface area contributed by atoms with E-state index in [0.717, 1.165) is 16.9 Å². The number of benzene rings is 1. The third kappa shape index (κ3) is 3.57. The smallest absolute Gasteiger partial charge is 0.338 e. The van der Waals surface area contributed by atoms with E-state index >= 15 is 0 Å². The van der Waals surface area contributed by atoms with Crippen molar-refractivity contribution in [1.82, 2.24) is 4.40 Å². The maximum absolute atomic E-state index is 12.1. The van der Waals surface area contributed by atoms with Crippen molar-refractivity contribution in [3.05, 3.63) is 53.9 Å². The third-order valence-electron chi connectivity index (χ3n) is 4.68. The van der Waals surface area contributed by atoms with E-state index in [1.807, 2.05) is 54.9 Å². The summed E-state index contributed by atoms with van der Waals surface area (Å²) < 4.78 is 13.7. The molecule has 0 atom stereocenters. The lowest BCUT2D eigenvalue weighted by molar-refractivity contribution is 0.0700. The topological polar surface area (TPSA) is 60.2 Å². The van der Waals surface area contributed by atoms with Crippen molar-refractivity contribution in [3.63, 3.8) is 0 Å². The SMILES string of the molecule is CCOc1cc(C(C)(C)C)c(OCC)cc1-c1cn2ccccc2c1C(=O)O. The van der Waals surface area contributed by atoms with Crippen molar-refractivity contribution in [3.8, 4) is 22.6 Å². The zero-order chi connectivity index (χ0) is 20.5. The van der Waals surface area contributed by atoms with Gasteiger partial charge in [-0.25, -0.2) is 4.79 Å². The summed E-state index contributed by atoms with van der Waals surface area (Å²) in [4.78, 5) is 12.1. The molecule has 2 heterocycles. The van der Waals surface area contributed by atoms with Gasteiger partial charge in [0.2, 0.25) is 0 Å². The number of rotatable bonds is 6. The van der Waals surface area contributed by atoms with Crippen molar-refractivity contribution in [2.75, 3.05) is 13.2 Å². The van der Waals surface area contributed by atoms with Gasteiger partial charge >= 0.3 is 5.97 Å². The third-order valence-corrected chi connectivity index (χ3v) is 4.68. The number of carboxylic acid groups (broad SMARTS) is 1. The highest BCUT2D eigenvalue weighted by molar-refractivity contribution is 6.04. The van der Waals surface area contributed by atoms with Crippen LogP contribution in [0.2, 0.25) is 0 Å². The zero-order valence-electron chi connectivity index (χ0n) is 17.1. The Morgan fingerprint density at radius 1 is 1.04 bits per heavy atom. The predicted octanol–water partition coefficient (Wildman–Crippen LogP) is 5.40. The summed E-state index contributed by atoms with van der Waals surface area (Å²) in [6.45, 7) is 11.2. The molecule has 0 saturated heterocycles. The molecule has 0 aliphatic heterocycles. The molecule has 5 heteroatoms. The van der Waals surface area contributed by atoms with Crippen molar-refractivity contribution in [2.24, 2.45) is 0 Å². The molecular weight excluding hydrogens is 354 g/mol. The molecule has 0 spiro atoms. The van der Waals surface area contributed by atoms with Crippen LogP contribution in [0.1, 0.15) is 50.5 Å². The Morgan fingerprint density at radius 3 is 2.32 bits per heavy atom. The van der Waals surface area contributed by atoms with Crippen molar-refractivity contribution in [1.29, 1.82) is 0 Å². The van der Waals surface area contributed by atoms with Gasteiger partial charge in [0.1, 0.15) is 11.5 Å². The lowest BCUT2D eigenvalue weighted by Crippen LogP contribution is -2.14. The second kappa shape index (κ2) is 7.58. The Kier molecular flexibility index (Phi) is 5.36. The Balaban J connectivity index is 2.35. The number of carboxylic acids is 1. The maximum atomic E-state index is 12.1. The van der Waals surface area contributed by atoms with Gasteiger partial charge in [0.25, 0.3) is 0 Å². The van der Waals surface area contributed by atoms with Gasteiger partial charge in [-0.05, 0) is 43.5 Å². The van der Waals surface area contributed by atoms with Crippen LogP contribution in [-0.2, 0) is 5.41 Å². The molecule has 1 aromatic carbocycles. The second-order valence-corrected chi connectivity index (χ2v) is 7.68. The summed E-state index contributed by atoms with van der Waals surface area (Å²) in [6.07, 6.45) is 3.68. The highest BCUT2D eigenvalue weighted by atomic mass is 16.5. The number of pyridine rings is 1. The van der Waals surface area contributed by atoms with Gasteiger partial charge in [0.15, 0.2) is 0 Å². The quantitative estimate of drug-likeness (QED) is 0.621. The fourth-order valence-corrected chi connectivity index (χ4v) is 3.46. The fraction of sp³-hybridized carbons (Fsp3) is 0.348. The normalized spacial score (nSPS) is 11.6. The van der Waals surface area contributed by atoms with Crippen molar-refractivity contribution in [2.45, 2.75) is 40.0 Å². The Labute approximate surface area is 165 Å². The fourth-order valence-electron chi connectivity index (χ4n) is 3.46. The first-order valence-corrected chi connectivity index (χ1v) is 9.55. The first-order chi connectivity index (χ1) is 13.3. The average molecular weight is 381 g/mol. The minimum atomic E-state index is -0.969. The standard InChI is InChI=1S/C23H27NO4/c1-6-27-19-13-17(23(3,4)5)20(28-7-2)12-15(19)16-14-24-11-9-8-10-18(24)21(16)22(25)26/h8-14H,6-7H2,1-5H3,(H,25,26). The number of aromatic nitrogens is 1. The van der Waals surface area contributed by atoms with E-state index < -0.39 is 5.97 Å².